The molecular formula is C14H16N4. The molecule has 2 aliphatic rings. The molecule has 92 valence electrons. The van der Waals surface area contributed by atoms with Crippen LogP contribution in [0.25, 0.3) is 11.3 Å². The molecule has 0 amide bonds. The van der Waals surface area contributed by atoms with Gasteiger partial charge in [-0.25, -0.2) is 4.68 Å². The predicted octanol–water partition coefficient (Wildman–Crippen LogP) is 1.62. The molecule has 4 heteroatoms. The molecule has 2 unspecified atom stereocenters. The molecular weight excluding hydrogens is 224 g/mol. The van der Waals surface area contributed by atoms with Crippen molar-refractivity contribution in [3.63, 3.8) is 0 Å². The lowest BCUT2D eigenvalue weighted by Crippen LogP contribution is -2.30. The Morgan fingerprint density at radius 3 is 2.83 bits per heavy atom. The number of fused-ring (bicyclic) bond motifs is 3. The molecule has 18 heavy (non-hydrogen) atoms. The first-order valence-electron chi connectivity index (χ1n) is 6.64. The number of aromatic nitrogens is 3. The molecule has 1 N–H and O–H groups in total. The second-order valence-electron chi connectivity index (χ2n) is 5.27. The van der Waals surface area contributed by atoms with Crippen molar-refractivity contribution in [1.29, 1.82) is 0 Å². The molecule has 2 bridgehead atoms. The van der Waals surface area contributed by atoms with Crippen molar-refractivity contribution in [2.45, 2.75) is 37.9 Å². The van der Waals surface area contributed by atoms with Gasteiger partial charge in [-0.2, -0.15) is 0 Å². The maximum absolute atomic E-state index is 4.39. The fourth-order valence-corrected chi connectivity index (χ4v) is 3.15. The molecule has 0 radical (unpaired) electrons. The molecule has 3 heterocycles. The number of rotatable bonds is 1. The van der Waals surface area contributed by atoms with Crippen molar-refractivity contribution in [1.82, 2.24) is 20.3 Å². The zero-order valence-corrected chi connectivity index (χ0v) is 10.2. The van der Waals surface area contributed by atoms with Crippen LogP contribution >= 0.6 is 0 Å². The van der Waals surface area contributed by atoms with Crippen LogP contribution in [0, 0.1) is 0 Å². The Bertz CT molecular complexity index is 560. The van der Waals surface area contributed by atoms with Gasteiger partial charge in [0.1, 0.15) is 5.69 Å². The summed E-state index contributed by atoms with van der Waals surface area (Å²) >= 11 is 0. The van der Waals surface area contributed by atoms with Crippen molar-refractivity contribution >= 4 is 0 Å². The highest BCUT2D eigenvalue weighted by molar-refractivity contribution is 5.61. The van der Waals surface area contributed by atoms with Gasteiger partial charge in [-0.05, 0) is 12.8 Å². The van der Waals surface area contributed by atoms with Gasteiger partial charge in [0, 0.05) is 24.1 Å². The molecule has 0 saturated carbocycles. The van der Waals surface area contributed by atoms with Gasteiger partial charge in [-0.3, -0.25) is 0 Å². The minimum absolute atomic E-state index is 0.585. The summed E-state index contributed by atoms with van der Waals surface area (Å²) in [6.45, 7) is 0.964. The van der Waals surface area contributed by atoms with E-state index in [4.69, 9.17) is 0 Å². The fourth-order valence-electron chi connectivity index (χ4n) is 3.15. The number of hydrogen-bond acceptors (Lipinski definition) is 3. The summed E-state index contributed by atoms with van der Waals surface area (Å²) in [6.07, 6.45) is 3.60. The van der Waals surface area contributed by atoms with Gasteiger partial charge in [0.25, 0.3) is 0 Å². The van der Waals surface area contributed by atoms with Crippen molar-refractivity contribution in [3.8, 4) is 11.3 Å². The predicted molar refractivity (Wildman–Crippen MR) is 69.1 cm³/mol. The quantitative estimate of drug-likeness (QED) is 0.823. The lowest BCUT2D eigenvalue weighted by molar-refractivity contribution is 0.468. The molecule has 1 saturated heterocycles. The van der Waals surface area contributed by atoms with Crippen LogP contribution in [0.2, 0.25) is 0 Å². The smallest absolute Gasteiger partial charge is 0.116 e. The van der Waals surface area contributed by atoms with Crippen LogP contribution in [0.3, 0.4) is 0 Å². The van der Waals surface area contributed by atoms with Crippen LogP contribution < -0.4 is 5.32 Å². The molecule has 0 aliphatic carbocycles. The number of benzene rings is 1. The Labute approximate surface area is 106 Å². The van der Waals surface area contributed by atoms with Crippen LogP contribution in [-0.2, 0) is 13.0 Å². The summed E-state index contributed by atoms with van der Waals surface area (Å²) in [6, 6.07) is 11.6. The third-order valence-corrected chi connectivity index (χ3v) is 4.05. The van der Waals surface area contributed by atoms with Gasteiger partial charge in [-0.15, -0.1) is 5.10 Å². The third kappa shape index (κ3) is 1.56. The minimum atomic E-state index is 0.585. The molecule has 0 spiro atoms. The first kappa shape index (κ1) is 10.3. The highest BCUT2D eigenvalue weighted by Crippen LogP contribution is 2.28. The van der Waals surface area contributed by atoms with E-state index in [2.05, 4.69) is 44.6 Å². The molecule has 4 rings (SSSR count). The van der Waals surface area contributed by atoms with Crippen molar-refractivity contribution in [3.05, 3.63) is 36.0 Å². The summed E-state index contributed by atoms with van der Waals surface area (Å²) in [4.78, 5) is 0. The Morgan fingerprint density at radius 1 is 1.11 bits per heavy atom. The molecule has 2 aliphatic heterocycles. The van der Waals surface area contributed by atoms with Crippen molar-refractivity contribution in [2.75, 3.05) is 0 Å². The van der Waals surface area contributed by atoms with Crippen LogP contribution in [0.1, 0.15) is 18.5 Å². The molecule has 1 fully saturated rings. The maximum atomic E-state index is 4.39. The second kappa shape index (κ2) is 3.92. The summed E-state index contributed by atoms with van der Waals surface area (Å²) in [7, 11) is 0. The normalized spacial score (nSPS) is 25.8. The fraction of sp³-hybridized carbons (Fsp3) is 0.429. The van der Waals surface area contributed by atoms with E-state index < -0.39 is 0 Å². The molecule has 1 aromatic heterocycles. The zero-order chi connectivity index (χ0) is 11.9. The van der Waals surface area contributed by atoms with Crippen LogP contribution in [0.15, 0.2) is 30.3 Å². The molecule has 2 aromatic rings. The lowest BCUT2D eigenvalue weighted by atomic mass is 10.0. The van der Waals surface area contributed by atoms with Gasteiger partial charge in [0.05, 0.1) is 12.2 Å². The largest absolute Gasteiger partial charge is 0.309 e. The van der Waals surface area contributed by atoms with E-state index in [1.165, 1.54) is 24.1 Å². The van der Waals surface area contributed by atoms with E-state index in [0.717, 1.165) is 18.7 Å². The third-order valence-electron chi connectivity index (χ3n) is 4.05. The van der Waals surface area contributed by atoms with Crippen LogP contribution in [0.5, 0.6) is 0 Å². The topological polar surface area (TPSA) is 42.7 Å². The average Bonchev–Trinajstić information content (AvgIpc) is 2.94. The van der Waals surface area contributed by atoms with E-state index in [9.17, 15) is 0 Å². The van der Waals surface area contributed by atoms with Crippen LogP contribution in [-0.4, -0.2) is 27.1 Å². The SMILES string of the molecule is c1ccc(-c2nnn3c2CC2CCC(C3)N2)cc1. The van der Waals surface area contributed by atoms with Crippen LogP contribution in [0.4, 0.5) is 0 Å². The van der Waals surface area contributed by atoms with E-state index in [1.807, 2.05) is 6.07 Å². The summed E-state index contributed by atoms with van der Waals surface area (Å²) in [5, 5.41) is 12.4. The zero-order valence-electron chi connectivity index (χ0n) is 10.2. The maximum Gasteiger partial charge on any atom is 0.116 e. The Hall–Kier alpha value is -1.68. The molecule has 1 aromatic carbocycles. The molecule has 2 atom stereocenters. The minimum Gasteiger partial charge on any atom is -0.309 e. The van der Waals surface area contributed by atoms with Gasteiger partial charge in [0.15, 0.2) is 0 Å². The molecule has 4 nitrogen and oxygen atoms in total. The first-order chi connectivity index (χ1) is 8.90. The Kier molecular flexibility index (Phi) is 2.23. The number of nitrogens with zero attached hydrogens (tertiary/aromatic N) is 3. The number of hydrogen-bond donors (Lipinski definition) is 1. The summed E-state index contributed by atoms with van der Waals surface area (Å²) < 4.78 is 2.10. The summed E-state index contributed by atoms with van der Waals surface area (Å²) in [5.41, 5.74) is 3.53. The van der Waals surface area contributed by atoms with Gasteiger partial charge < -0.3 is 5.32 Å². The van der Waals surface area contributed by atoms with Gasteiger partial charge in [0.2, 0.25) is 0 Å². The van der Waals surface area contributed by atoms with E-state index in [1.54, 1.807) is 0 Å². The summed E-state index contributed by atoms with van der Waals surface area (Å²) in [5.74, 6) is 0. The van der Waals surface area contributed by atoms with E-state index in [-0.39, 0.29) is 0 Å². The first-order valence-corrected chi connectivity index (χ1v) is 6.64. The van der Waals surface area contributed by atoms with Gasteiger partial charge in [-0.1, -0.05) is 35.5 Å². The van der Waals surface area contributed by atoms with Crippen molar-refractivity contribution < 1.29 is 0 Å². The highest BCUT2D eigenvalue weighted by Gasteiger charge is 2.31. The lowest BCUT2D eigenvalue weighted by Gasteiger charge is -2.10. The van der Waals surface area contributed by atoms with E-state index >= 15 is 0 Å². The van der Waals surface area contributed by atoms with Gasteiger partial charge >= 0.3 is 0 Å². The second-order valence-corrected chi connectivity index (χ2v) is 5.27. The van der Waals surface area contributed by atoms with Crippen molar-refractivity contribution in [2.24, 2.45) is 0 Å². The standard InChI is InChI=1S/C14H16N4/c1-2-4-10(5-3-1)14-13-8-11-6-7-12(15-11)9-18(13)17-16-14/h1-5,11-12,15H,6-9H2. The Morgan fingerprint density at radius 2 is 1.94 bits per heavy atom. The monoisotopic (exact) mass is 240 g/mol. The van der Waals surface area contributed by atoms with E-state index in [0.29, 0.717) is 12.1 Å². The Balaban J connectivity index is 1.79. The highest BCUT2D eigenvalue weighted by atomic mass is 15.4. The average molecular weight is 240 g/mol. The number of nitrogens with one attached hydrogen (secondary N) is 1.